The molecule has 148 valence electrons. The van der Waals surface area contributed by atoms with E-state index in [0.29, 0.717) is 10.9 Å². The third-order valence-corrected chi connectivity index (χ3v) is 5.39. The number of pyridine rings is 1. The fourth-order valence-corrected chi connectivity index (χ4v) is 4.05. The minimum absolute atomic E-state index is 0.0454. The molecule has 4 aromatic rings. The van der Waals surface area contributed by atoms with E-state index >= 15 is 0 Å². The first-order valence-corrected chi connectivity index (χ1v) is 9.45. The molecule has 1 aliphatic rings. The number of rotatable bonds is 4. The molecule has 0 aliphatic heterocycles. The van der Waals surface area contributed by atoms with Gasteiger partial charge < -0.3 is 14.8 Å². The largest absolute Gasteiger partial charge is 0.478 e. The average molecular weight is 399 g/mol. The van der Waals surface area contributed by atoms with Gasteiger partial charge in [0.05, 0.1) is 11.1 Å². The number of hydrogen-bond acceptors (Lipinski definition) is 4. The number of aromatic carboxylic acids is 1. The second-order valence-corrected chi connectivity index (χ2v) is 7.04. The molecule has 0 spiro atoms. The van der Waals surface area contributed by atoms with Gasteiger partial charge in [0.15, 0.2) is 5.82 Å². The van der Waals surface area contributed by atoms with E-state index in [2.05, 4.69) is 39.6 Å². The molecular formula is C23H17N3O4. The van der Waals surface area contributed by atoms with Crippen molar-refractivity contribution in [2.75, 3.05) is 11.9 Å². The molecule has 0 radical (unpaired) electrons. The highest BCUT2D eigenvalue weighted by atomic mass is 16.5. The Kier molecular flexibility index (Phi) is 4.21. The van der Waals surface area contributed by atoms with Crippen molar-refractivity contribution in [3.8, 4) is 11.1 Å². The molecule has 1 aliphatic carbocycles. The molecule has 5 rings (SSSR count). The molecule has 0 fully saturated rings. The lowest BCUT2D eigenvalue weighted by Crippen LogP contribution is -2.19. The van der Waals surface area contributed by atoms with Crippen LogP contribution in [-0.4, -0.2) is 33.7 Å². The molecule has 30 heavy (non-hydrogen) atoms. The first kappa shape index (κ1) is 17.9. The molecule has 0 bridgehead atoms. The van der Waals surface area contributed by atoms with Crippen LogP contribution in [0.1, 0.15) is 27.4 Å². The summed E-state index contributed by atoms with van der Waals surface area (Å²) in [5.41, 5.74) is 5.05. The predicted octanol–water partition coefficient (Wildman–Crippen LogP) is 4.62. The Labute approximate surface area is 171 Å². The average Bonchev–Trinajstić information content (AvgIpc) is 3.36. The molecule has 7 heteroatoms. The van der Waals surface area contributed by atoms with E-state index in [4.69, 9.17) is 4.74 Å². The molecule has 7 nitrogen and oxygen atoms in total. The van der Waals surface area contributed by atoms with Crippen LogP contribution < -0.4 is 5.32 Å². The Balaban J connectivity index is 1.35. The number of aromatic nitrogens is 2. The summed E-state index contributed by atoms with van der Waals surface area (Å²) in [7, 11) is 0. The molecule has 2 aromatic carbocycles. The van der Waals surface area contributed by atoms with Crippen molar-refractivity contribution in [1.29, 1.82) is 0 Å². The first-order chi connectivity index (χ1) is 14.6. The van der Waals surface area contributed by atoms with Crippen molar-refractivity contribution in [3.63, 3.8) is 0 Å². The SMILES string of the molecule is O=C(Nc1ncc(C(=O)O)c2cc[nH]c12)OCC1c2ccccc2-c2ccccc21. The van der Waals surface area contributed by atoms with Crippen LogP contribution in [0.15, 0.2) is 67.0 Å². The lowest BCUT2D eigenvalue weighted by atomic mass is 9.98. The Morgan fingerprint density at radius 1 is 1.03 bits per heavy atom. The van der Waals surface area contributed by atoms with Crippen molar-refractivity contribution in [1.82, 2.24) is 9.97 Å². The van der Waals surface area contributed by atoms with Crippen molar-refractivity contribution in [2.45, 2.75) is 5.92 Å². The standard InChI is InChI=1S/C23H17N3O4/c27-22(28)18-11-25-21(20-17(18)9-10-24-20)26-23(29)30-12-19-15-7-3-1-5-13(15)14-6-2-4-8-16(14)19/h1-11,19,24H,12H2,(H,27,28)(H,25,26,29). The number of hydrogen-bond donors (Lipinski definition) is 3. The predicted molar refractivity (Wildman–Crippen MR) is 112 cm³/mol. The van der Waals surface area contributed by atoms with Gasteiger partial charge in [-0.05, 0) is 28.3 Å². The molecule has 3 N–H and O–H groups in total. The number of carboxylic acid groups (broad SMARTS) is 1. The summed E-state index contributed by atoms with van der Waals surface area (Å²) in [5.74, 6) is -0.909. The summed E-state index contributed by atoms with van der Waals surface area (Å²) < 4.78 is 5.53. The van der Waals surface area contributed by atoms with E-state index in [1.165, 1.54) is 6.20 Å². The number of ether oxygens (including phenoxy) is 1. The molecule has 0 atom stereocenters. The Morgan fingerprint density at radius 2 is 1.70 bits per heavy atom. The quantitative estimate of drug-likeness (QED) is 0.464. The Morgan fingerprint density at radius 3 is 2.37 bits per heavy atom. The third kappa shape index (κ3) is 2.88. The van der Waals surface area contributed by atoms with Gasteiger partial charge in [0.2, 0.25) is 0 Å². The van der Waals surface area contributed by atoms with E-state index < -0.39 is 12.1 Å². The van der Waals surface area contributed by atoms with Gasteiger partial charge in [0.25, 0.3) is 0 Å². The number of anilines is 1. The van der Waals surface area contributed by atoms with Crippen molar-refractivity contribution >= 4 is 28.8 Å². The summed E-state index contributed by atoms with van der Waals surface area (Å²) in [6.45, 7) is 0.181. The van der Waals surface area contributed by atoms with Gasteiger partial charge in [-0.1, -0.05) is 48.5 Å². The minimum Gasteiger partial charge on any atom is -0.478 e. The van der Waals surface area contributed by atoms with Crippen LogP contribution in [0.2, 0.25) is 0 Å². The molecule has 2 heterocycles. The molecule has 0 saturated carbocycles. The number of H-pyrrole nitrogens is 1. The maximum atomic E-state index is 12.5. The molecule has 0 saturated heterocycles. The smallest absolute Gasteiger partial charge is 0.412 e. The fraction of sp³-hybridized carbons (Fsp3) is 0.0870. The maximum absolute atomic E-state index is 12.5. The normalized spacial score (nSPS) is 12.4. The van der Waals surface area contributed by atoms with Gasteiger partial charge in [0.1, 0.15) is 6.61 Å². The zero-order valence-electron chi connectivity index (χ0n) is 15.8. The summed E-state index contributed by atoms with van der Waals surface area (Å²) in [5, 5.41) is 12.4. The van der Waals surface area contributed by atoms with Crippen molar-refractivity contribution < 1.29 is 19.4 Å². The lowest BCUT2D eigenvalue weighted by Gasteiger charge is -2.14. The van der Waals surface area contributed by atoms with Gasteiger partial charge in [-0.25, -0.2) is 14.6 Å². The summed E-state index contributed by atoms with van der Waals surface area (Å²) in [6, 6.07) is 17.8. The van der Waals surface area contributed by atoms with Gasteiger partial charge in [0, 0.05) is 23.7 Å². The zero-order chi connectivity index (χ0) is 20.7. The van der Waals surface area contributed by atoms with Crippen molar-refractivity contribution in [2.24, 2.45) is 0 Å². The van der Waals surface area contributed by atoms with Crippen LogP contribution >= 0.6 is 0 Å². The number of carbonyl (C=O) groups excluding carboxylic acids is 1. The van der Waals surface area contributed by atoms with Crippen LogP contribution in [0.4, 0.5) is 10.6 Å². The Bertz CT molecular complexity index is 1250. The van der Waals surface area contributed by atoms with Gasteiger partial charge in [-0.3, -0.25) is 5.32 Å². The van der Waals surface area contributed by atoms with E-state index in [0.717, 1.165) is 22.3 Å². The number of aromatic amines is 1. The highest BCUT2D eigenvalue weighted by molar-refractivity contribution is 6.07. The fourth-order valence-electron chi connectivity index (χ4n) is 4.05. The third-order valence-electron chi connectivity index (χ3n) is 5.39. The molecule has 1 amide bonds. The first-order valence-electron chi connectivity index (χ1n) is 9.45. The van der Waals surface area contributed by atoms with Gasteiger partial charge >= 0.3 is 12.1 Å². The van der Waals surface area contributed by atoms with E-state index in [1.807, 2.05) is 24.3 Å². The van der Waals surface area contributed by atoms with E-state index in [-0.39, 0.29) is 23.9 Å². The van der Waals surface area contributed by atoms with Crippen LogP contribution in [0.3, 0.4) is 0 Å². The Hall–Kier alpha value is -4.13. The summed E-state index contributed by atoms with van der Waals surface area (Å²) in [6.07, 6.45) is 2.17. The zero-order valence-corrected chi connectivity index (χ0v) is 15.8. The van der Waals surface area contributed by atoms with E-state index in [1.54, 1.807) is 12.3 Å². The molecular weight excluding hydrogens is 382 g/mol. The number of fused-ring (bicyclic) bond motifs is 4. The van der Waals surface area contributed by atoms with Crippen LogP contribution in [-0.2, 0) is 4.74 Å². The number of nitrogens with zero attached hydrogens (tertiary/aromatic N) is 1. The van der Waals surface area contributed by atoms with Gasteiger partial charge in [-0.2, -0.15) is 0 Å². The summed E-state index contributed by atoms with van der Waals surface area (Å²) >= 11 is 0. The highest BCUT2D eigenvalue weighted by Gasteiger charge is 2.29. The minimum atomic E-state index is -1.08. The number of amides is 1. The van der Waals surface area contributed by atoms with E-state index in [9.17, 15) is 14.7 Å². The second-order valence-electron chi connectivity index (χ2n) is 7.04. The molecule has 2 aromatic heterocycles. The topological polar surface area (TPSA) is 104 Å². The summed E-state index contributed by atoms with van der Waals surface area (Å²) in [4.78, 5) is 30.8. The van der Waals surface area contributed by atoms with Crippen LogP contribution in [0.25, 0.3) is 22.0 Å². The van der Waals surface area contributed by atoms with Gasteiger partial charge in [-0.15, -0.1) is 0 Å². The molecule has 0 unspecified atom stereocenters. The second kappa shape index (κ2) is 7.04. The number of carboxylic acids is 1. The number of carbonyl (C=O) groups is 2. The highest BCUT2D eigenvalue weighted by Crippen LogP contribution is 2.44. The van der Waals surface area contributed by atoms with Crippen LogP contribution in [0, 0.1) is 0 Å². The lowest BCUT2D eigenvalue weighted by molar-refractivity contribution is 0.0698. The van der Waals surface area contributed by atoms with Crippen molar-refractivity contribution in [3.05, 3.63) is 83.7 Å². The number of nitrogens with one attached hydrogen (secondary N) is 2. The number of benzene rings is 2. The maximum Gasteiger partial charge on any atom is 0.412 e. The van der Waals surface area contributed by atoms with Crippen LogP contribution in [0.5, 0.6) is 0 Å². The monoisotopic (exact) mass is 399 g/mol.